The SMILES string of the molecule is Brc1ccc(COc2ccc(Br)cc2N2CCOCC2)cc1. The fourth-order valence-corrected chi connectivity index (χ4v) is 3.02. The van der Waals surface area contributed by atoms with Gasteiger partial charge in [0.2, 0.25) is 0 Å². The fourth-order valence-electron chi connectivity index (χ4n) is 2.41. The summed E-state index contributed by atoms with van der Waals surface area (Å²) in [4.78, 5) is 2.31. The number of hydrogen-bond donors (Lipinski definition) is 0. The minimum absolute atomic E-state index is 0.562. The summed E-state index contributed by atoms with van der Waals surface area (Å²) in [7, 11) is 0. The molecule has 3 rings (SSSR count). The minimum atomic E-state index is 0.562. The summed E-state index contributed by atoms with van der Waals surface area (Å²) in [6.07, 6.45) is 0. The third kappa shape index (κ3) is 4.03. The molecule has 1 aliphatic heterocycles. The van der Waals surface area contributed by atoms with Crippen LogP contribution in [-0.4, -0.2) is 26.3 Å². The molecule has 1 aliphatic rings. The van der Waals surface area contributed by atoms with Gasteiger partial charge in [0.05, 0.1) is 18.9 Å². The van der Waals surface area contributed by atoms with E-state index < -0.39 is 0 Å². The Labute approximate surface area is 147 Å². The molecule has 1 fully saturated rings. The van der Waals surface area contributed by atoms with Crippen molar-refractivity contribution in [2.24, 2.45) is 0 Å². The first-order valence-corrected chi connectivity index (χ1v) is 8.80. The molecule has 0 radical (unpaired) electrons. The Bertz CT molecular complexity index is 625. The van der Waals surface area contributed by atoms with Crippen molar-refractivity contribution in [1.29, 1.82) is 0 Å². The zero-order chi connectivity index (χ0) is 15.4. The average molecular weight is 427 g/mol. The Kier molecular flexibility index (Phi) is 5.39. The Morgan fingerprint density at radius 1 is 0.955 bits per heavy atom. The predicted octanol–water partition coefficient (Wildman–Crippen LogP) is 4.63. The quantitative estimate of drug-likeness (QED) is 0.711. The number of morpholine rings is 1. The summed E-state index contributed by atoms with van der Waals surface area (Å²) < 4.78 is 13.6. The molecule has 1 heterocycles. The number of nitrogens with zero attached hydrogens (tertiary/aromatic N) is 1. The van der Waals surface area contributed by atoms with Crippen LogP contribution >= 0.6 is 31.9 Å². The van der Waals surface area contributed by atoms with Gasteiger partial charge in [-0.25, -0.2) is 0 Å². The summed E-state index contributed by atoms with van der Waals surface area (Å²) in [5, 5.41) is 0. The zero-order valence-corrected chi connectivity index (χ0v) is 15.3. The highest BCUT2D eigenvalue weighted by Crippen LogP contribution is 2.32. The van der Waals surface area contributed by atoms with Gasteiger partial charge in [0.15, 0.2) is 0 Å². The summed E-state index contributed by atoms with van der Waals surface area (Å²) >= 11 is 7.00. The van der Waals surface area contributed by atoms with Crippen LogP contribution in [0.5, 0.6) is 5.75 Å². The van der Waals surface area contributed by atoms with E-state index in [1.54, 1.807) is 0 Å². The normalized spacial score (nSPS) is 14.9. The molecule has 0 bridgehead atoms. The molecule has 2 aromatic carbocycles. The van der Waals surface area contributed by atoms with Gasteiger partial charge >= 0.3 is 0 Å². The van der Waals surface area contributed by atoms with E-state index in [0.717, 1.165) is 52.2 Å². The summed E-state index contributed by atoms with van der Waals surface area (Å²) in [5.41, 5.74) is 2.27. The van der Waals surface area contributed by atoms with E-state index in [-0.39, 0.29) is 0 Å². The lowest BCUT2D eigenvalue weighted by molar-refractivity contribution is 0.122. The van der Waals surface area contributed by atoms with Crippen LogP contribution in [0.1, 0.15) is 5.56 Å². The molecule has 2 aromatic rings. The molecule has 3 nitrogen and oxygen atoms in total. The summed E-state index contributed by atoms with van der Waals surface area (Å²) in [6, 6.07) is 14.3. The van der Waals surface area contributed by atoms with Gasteiger partial charge in [-0.1, -0.05) is 44.0 Å². The van der Waals surface area contributed by atoms with Crippen molar-refractivity contribution in [1.82, 2.24) is 0 Å². The smallest absolute Gasteiger partial charge is 0.143 e. The van der Waals surface area contributed by atoms with Gasteiger partial charge in [0, 0.05) is 22.0 Å². The van der Waals surface area contributed by atoms with Crippen molar-refractivity contribution < 1.29 is 9.47 Å². The van der Waals surface area contributed by atoms with Crippen molar-refractivity contribution in [2.45, 2.75) is 6.61 Å². The molecule has 0 aromatic heterocycles. The molecule has 0 amide bonds. The Balaban J connectivity index is 1.76. The van der Waals surface area contributed by atoms with Crippen LogP contribution in [0.25, 0.3) is 0 Å². The lowest BCUT2D eigenvalue weighted by atomic mass is 10.2. The monoisotopic (exact) mass is 425 g/mol. The Morgan fingerprint density at radius 2 is 1.64 bits per heavy atom. The zero-order valence-electron chi connectivity index (χ0n) is 12.1. The van der Waals surface area contributed by atoms with Gasteiger partial charge in [0.1, 0.15) is 12.4 Å². The molecular formula is C17H17Br2NO2. The maximum absolute atomic E-state index is 6.05. The third-order valence-corrected chi connectivity index (χ3v) is 4.60. The highest BCUT2D eigenvalue weighted by molar-refractivity contribution is 9.10. The molecule has 0 spiro atoms. The van der Waals surface area contributed by atoms with E-state index in [4.69, 9.17) is 9.47 Å². The van der Waals surface area contributed by atoms with Crippen LogP contribution < -0.4 is 9.64 Å². The van der Waals surface area contributed by atoms with Crippen molar-refractivity contribution in [3.8, 4) is 5.75 Å². The van der Waals surface area contributed by atoms with Crippen LogP contribution in [-0.2, 0) is 11.3 Å². The van der Waals surface area contributed by atoms with Crippen molar-refractivity contribution in [3.05, 3.63) is 57.0 Å². The van der Waals surface area contributed by atoms with Gasteiger partial charge < -0.3 is 14.4 Å². The van der Waals surface area contributed by atoms with Crippen LogP contribution in [0.2, 0.25) is 0 Å². The van der Waals surface area contributed by atoms with Gasteiger partial charge in [-0.05, 0) is 35.9 Å². The highest BCUT2D eigenvalue weighted by Gasteiger charge is 2.16. The second-order valence-electron chi connectivity index (χ2n) is 5.13. The van der Waals surface area contributed by atoms with Crippen molar-refractivity contribution >= 4 is 37.5 Å². The molecule has 116 valence electrons. The molecule has 5 heteroatoms. The molecule has 0 atom stereocenters. The largest absolute Gasteiger partial charge is 0.487 e. The van der Waals surface area contributed by atoms with Crippen molar-refractivity contribution in [2.75, 3.05) is 31.2 Å². The maximum atomic E-state index is 6.05. The topological polar surface area (TPSA) is 21.7 Å². The Morgan fingerprint density at radius 3 is 2.36 bits per heavy atom. The van der Waals surface area contributed by atoms with E-state index >= 15 is 0 Å². The summed E-state index contributed by atoms with van der Waals surface area (Å²) in [5.74, 6) is 0.910. The van der Waals surface area contributed by atoms with Crippen molar-refractivity contribution in [3.63, 3.8) is 0 Å². The lowest BCUT2D eigenvalue weighted by Gasteiger charge is -2.30. The summed E-state index contributed by atoms with van der Waals surface area (Å²) in [6.45, 7) is 3.87. The molecule has 1 saturated heterocycles. The average Bonchev–Trinajstić information content (AvgIpc) is 2.56. The third-order valence-electron chi connectivity index (χ3n) is 3.58. The minimum Gasteiger partial charge on any atom is -0.487 e. The molecule has 0 aliphatic carbocycles. The van der Waals surface area contributed by atoms with Crippen LogP contribution in [0.15, 0.2) is 51.4 Å². The molecule has 0 saturated carbocycles. The van der Waals surface area contributed by atoms with Crippen LogP contribution in [0.4, 0.5) is 5.69 Å². The Hall–Kier alpha value is -1.04. The molecular weight excluding hydrogens is 410 g/mol. The van der Waals surface area contributed by atoms with Crippen LogP contribution in [0.3, 0.4) is 0 Å². The van der Waals surface area contributed by atoms with E-state index in [1.165, 1.54) is 0 Å². The molecule has 22 heavy (non-hydrogen) atoms. The van der Waals surface area contributed by atoms with Gasteiger partial charge in [-0.2, -0.15) is 0 Å². The number of benzene rings is 2. The van der Waals surface area contributed by atoms with Gasteiger partial charge in [-0.15, -0.1) is 0 Å². The number of anilines is 1. The van der Waals surface area contributed by atoms with E-state index in [2.05, 4.69) is 55.0 Å². The van der Waals surface area contributed by atoms with E-state index in [9.17, 15) is 0 Å². The van der Waals surface area contributed by atoms with Gasteiger partial charge in [-0.3, -0.25) is 0 Å². The van der Waals surface area contributed by atoms with E-state index in [1.807, 2.05) is 24.3 Å². The first-order valence-electron chi connectivity index (χ1n) is 7.22. The highest BCUT2D eigenvalue weighted by atomic mass is 79.9. The van der Waals surface area contributed by atoms with Crippen LogP contribution in [0, 0.1) is 0 Å². The lowest BCUT2D eigenvalue weighted by Crippen LogP contribution is -2.36. The van der Waals surface area contributed by atoms with E-state index in [0.29, 0.717) is 6.61 Å². The number of ether oxygens (including phenoxy) is 2. The second kappa shape index (κ2) is 7.49. The number of halogens is 2. The first kappa shape index (κ1) is 15.8. The standard InChI is InChI=1S/C17H17Br2NO2/c18-14-3-1-13(2-4-14)12-22-17-6-5-15(19)11-16(17)20-7-9-21-10-8-20/h1-6,11H,7-10,12H2. The fraction of sp³-hybridized carbons (Fsp3) is 0.294. The first-order chi connectivity index (χ1) is 10.7. The molecule has 0 N–H and O–H groups in total. The number of rotatable bonds is 4. The maximum Gasteiger partial charge on any atom is 0.143 e. The van der Waals surface area contributed by atoms with Gasteiger partial charge in [0.25, 0.3) is 0 Å². The number of hydrogen-bond acceptors (Lipinski definition) is 3. The molecule has 0 unspecified atom stereocenters. The predicted molar refractivity (Wildman–Crippen MR) is 95.6 cm³/mol. The second-order valence-corrected chi connectivity index (χ2v) is 6.96.